The number of thiophene rings is 1. The summed E-state index contributed by atoms with van der Waals surface area (Å²) in [5.74, 6) is 0.864. The molecule has 2 aliphatic rings. The first-order chi connectivity index (χ1) is 15.7. The average molecular weight is 454 g/mol. The summed E-state index contributed by atoms with van der Waals surface area (Å²) in [6.45, 7) is 7.05. The van der Waals surface area contributed by atoms with E-state index in [1.807, 2.05) is 40.6 Å². The molecular formula is C23H27N5O3S. The van der Waals surface area contributed by atoms with Gasteiger partial charge in [-0.3, -0.25) is 19.4 Å². The Morgan fingerprint density at radius 3 is 2.53 bits per heavy atom. The molecule has 168 valence electrons. The number of piperazine rings is 1. The second-order valence-electron chi connectivity index (χ2n) is 8.25. The molecule has 0 saturated carbocycles. The highest BCUT2D eigenvalue weighted by Gasteiger charge is 2.24. The number of amides is 1. The number of aromatic amines is 1. The van der Waals surface area contributed by atoms with Gasteiger partial charge in [-0.15, -0.1) is 11.3 Å². The predicted octanol–water partition coefficient (Wildman–Crippen LogP) is 1.63. The van der Waals surface area contributed by atoms with Crippen molar-refractivity contribution in [2.24, 2.45) is 0 Å². The lowest BCUT2D eigenvalue weighted by Gasteiger charge is -2.36. The van der Waals surface area contributed by atoms with Gasteiger partial charge in [-0.05, 0) is 5.56 Å². The molecule has 0 atom stereocenters. The highest BCUT2D eigenvalue weighted by atomic mass is 32.1. The molecule has 1 amide bonds. The number of H-pyrrole nitrogens is 1. The van der Waals surface area contributed by atoms with Crippen LogP contribution in [0.1, 0.15) is 5.82 Å². The van der Waals surface area contributed by atoms with Gasteiger partial charge in [0.1, 0.15) is 10.7 Å². The molecule has 0 radical (unpaired) electrons. The number of nitrogens with one attached hydrogen (secondary N) is 1. The summed E-state index contributed by atoms with van der Waals surface area (Å²) in [7, 11) is 0. The van der Waals surface area contributed by atoms with Gasteiger partial charge >= 0.3 is 0 Å². The Hall–Kier alpha value is -2.59. The van der Waals surface area contributed by atoms with E-state index in [9.17, 15) is 9.59 Å². The first-order valence-electron chi connectivity index (χ1n) is 11.0. The maximum atomic E-state index is 12.9. The number of fused-ring (bicyclic) bond motifs is 1. The fourth-order valence-electron chi connectivity index (χ4n) is 4.32. The lowest BCUT2D eigenvalue weighted by atomic mass is 10.1. The first kappa shape index (κ1) is 21.3. The summed E-state index contributed by atoms with van der Waals surface area (Å²) < 4.78 is 5.35. The van der Waals surface area contributed by atoms with Crippen LogP contribution in [0, 0.1) is 0 Å². The number of hydrogen-bond acceptors (Lipinski definition) is 7. The monoisotopic (exact) mass is 453 g/mol. The maximum absolute atomic E-state index is 12.9. The highest BCUT2D eigenvalue weighted by Crippen LogP contribution is 2.30. The van der Waals surface area contributed by atoms with E-state index in [4.69, 9.17) is 9.72 Å². The normalized spacial score (nSPS) is 18.3. The lowest BCUT2D eigenvalue weighted by molar-refractivity contribution is -0.135. The number of benzene rings is 1. The number of rotatable bonds is 5. The van der Waals surface area contributed by atoms with Crippen molar-refractivity contribution in [1.82, 2.24) is 24.7 Å². The summed E-state index contributed by atoms with van der Waals surface area (Å²) in [4.78, 5) is 40.3. The van der Waals surface area contributed by atoms with Gasteiger partial charge in [-0.1, -0.05) is 30.3 Å². The minimum Gasteiger partial charge on any atom is -0.379 e. The van der Waals surface area contributed by atoms with Crippen molar-refractivity contribution < 1.29 is 9.53 Å². The minimum absolute atomic E-state index is 0.0931. The van der Waals surface area contributed by atoms with Crippen LogP contribution in [-0.2, 0) is 16.1 Å². The summed E-state index contributed by atoms with van der Waals surface area (Å²) in [5.41, 5.74) is 1.86. The molecule has 4 heterocycles. The Morgan fingerprint density at radius 1 is 1.03 bits per heavy atom. The zero-order valence-electron chi connectivity index (χ0n) is 18.0. The van der Waals surface area contributed by atoms with Crippen molar-refractivity contribution in [1.29, 1.82) is 0 Å². The summed E-state index contributed by atoms with van der Waals surface area (Å²) in [5, 5.41) is 2.66. The van der Waals surface area contributed by atoms with E-state index in [2.05, 4.69) is 14.8 Å². The van der Waals surface area contributed by atoms with E-state index in [-0.39, 0.29) is 11.5 Å². The second-order valence-corrected chi connectivity index (χ2v) is 9.11. The van der Waals surface area contributed by atoms with E-state index in [0.717, 1.165) is 42.1 Å². The second kappa shape index (κ2) is 9.50. The lowest BCUT2D eigenvalue weighted by Crippen LogP contribution is -2.52. The molecule has 0 aliphatic carbocycles. The third-order valence-electron chi connectivity index (χ3n) is 6.14. The molecule has 2 aliphatic heterocycles. The van der Waals surface area contributed by atoms with Crippen LogP contribution in [0.15, 0.2) is 40.5 Å². The van der Waals surface area contributed by atoms with Crippen LogP contribution in [0.25, 0.3) is 21.3 Å². The van der Waals surface area contributed by atoms with Crippen LogP contribution in [0.2, 0.25) is 0 Å². The molecule has 0 spiro atoms. The van der Waals surface area contributed by atoms with E-state index in [1.54, 1.807) is 0 Å². The molecule has 8 nitrogen and oxygen atoms in total. The molecule has 9 heteroatoms. The van der Waals surface area contributed by atoms with Crippen LogP contribution in [-0.4, -0.2) is 89.6 Å². The van der Waals surface area contributed by atoms with Gasteiger partial charge in [0.2, 0.25) is 5.91 Å². The smallest absolute Gasteiger partial charge is 0.260 e. The molecule has 2 saturated heterocycles. The molecule has 32 heavy (non-hydrogen) atoms. The number of nitrogens with zero attached hydrogens (tertiary/aromatic N) is 4. The third kappa shape index (κ3) is 4.61. The number of carbonyl (C=O) groups excluding carboxylic acids is 1. The molecule has 2 fully saturated rings. The van der Waals surface area contributed by atoms with Gasteiger partial charge in [0, 0.05) is 50.2 Å². The van der Waals surface area contributed by atoms with Crippen molar-refractivity contribution in [2.45, 2.75) is 6.54 Å². The number of aromatic nitrogens is 2. The number of ether oxygens (including phenoxy) is 1. The number of carbonyl (C=O) groups is 1. The van der Waals surface area contributed by atoms with Gasteiger partial charge in [0.05, 0.1) is 31.7 Å². The minimum atomic E-state index is -0.0931. The van der Waals surface area contributed by atoms with E-state index >= 15 is 0 Å². The van der Waals surface area contributed by atoms with E-state index < -0.39 is 0 Å². The van der Waals surface area contributed by atoms with Crippen molar-refractivity contribution in [3.8, 4) is 11.1 Å². The first-order valence-corrected chi connectivity index (χ1v) is 11.9. The molecule has 2 aromatic heterocycles. The third-order valence-corrected chi connectivity index (χ3v) is 7.01. The SMILES string of the molecule is O=C(CN1CCOCC1)N1CCN(Cc2nc3scc(-c4ccccc4)c3c(=O)[nH]2)CC1. The van der Waals surface area contributed by atoms with Crippen LogP contribution >= 0.6 is 11.3 Å². The fourth-order valence-corrected chi connectivity index (χ4v) is 5.28. The Morgan fingerprint density at radius 2 is 1.78 bits per heavy atom. The van der Waals surface area contributed by atoms with Gasteiger partial charge in [-0.25, -0.2) is 4.98 Å². The van der Waals surface area contributed by atoms with Crippen LogP contribution in [0.3, 0.4) is 0 Å². The zero-order chi connectivity index (χ0) is 21.9. The van der Waals surface area contributed by atoms with Gasteiger partial charge < -0.3 is 14.6 Å². The number of morpholine rings is 1. The van der Waals surface area contributed by atoms with E-state index in [0.29, 0.717) is 50.6 Å². The van der Waals surface area contributed by atoms with E-state index in [1.165, 1.54) is 11.3 Å². The van der Waals surface area contributed by atoms with Crippen molar-refractivity contribution in [2.75, 3.05) is 59.0 Å². The van der Waals surface area contributed by atoms with Crippen molar-refractivity contribution >= 4 is 27.5 Å². The van der Waals surface area contributed by atoms with Crippen LogP contribution in [0.5, 0.6) is 0 Å². The van der Waals surface area contributed by atoms with Crippen LogP contribution < -0.4 is 5.56 Å². The molecular weight excluding hydrogens is 426 g/mol. The van der Waals surface area contributed by atoms with Crippen molar-refractivity contribution in [3.05, 3.63) is 51.9 Å². The quantitative estimate of drug-likeness (QED) is 0.633. The topological polar surface area (TPSA) is 81.8 Å². The zero-order valence-corrected chi connectivity index (χ0v) is 18.8. The molecule has 1 N–H and O–H groups in total. The van der Waals surface area contributed by atoms with Gasteiger partial charge in [0.25, 0.3) is 5.56 Å². The maximum Gasteiger partial charge on any atom is 0.260 e. The predicted molar refractivity (Wildman–Crippen MR) is 125 cm³/mol. The Kier molecular flexibility index (Phi) is 6.31. The fraction of sp³-hybridized carbons (Fsp3) is 0.435. The Labute approximate surface area is 190 Å². The molecule has 3 aromatic rings. The average Bonchev–Trinajstić information content (AvgIpc) is 3.25. The van der Waals surface area contributed by atoms with Crippen LogP contribution in [0.4, 0.5) is 0 Å². The summed E-state index contributed by atoms with van der Waals surface area (Å²) >= 11 is 1.50. The van der Waals surface area contributed by atoms with Gasteiger partial charge in [-0.2, -0.15) is 0 Å². The largest absolute Gasteiger partial charge is 0.379 e. The van der Waals surface area contributed by atoms with Crippen molar-refractivity contribution in [3.63, 3.8) is 0 Å². The summed E-state index contributed by atoms with van der Waals surface area (Å²) in [6, 6.07) is 9.93. The standard InChI is InChI=1S/C23H27N5O3S/c29-20(15-27-10-12-31-13-11-27)28-8-6-26(7-9-28)14-19-24-22(30)21-18(16-32-23(21)25-19)17-4-2-1-3-5-17/h1-5,16H,6-15H2,(H,24,25,30). The summed E-state index contributed by atoms with van der Waals surface area (Å²) in [6.07, 6.45) is 0. The molecule has 0 bridgehead atoms. The highest BCUT2D eigenvalue weighted by molar-refractivity contribution is 7.17. The Bertz CT molecular complexity index is 1130. The molecule has 1 aromatic carbocycles. The Balaban J connectivity index is 1.21. The number of hydrogen-bond donors (Lipinski definition) is 1. The molecule has 5 rings (SSSR count). The van der Waals surface area contributed by atoms with Gasteiger partial charge in [0.15, 0.2) is 0 Å². The molecule has 0 unspecified atom stereocenters.